The minimum atomic E-state index is 0.153. The molecule has 0 bridgehead atoms. The van der Waals surface area contributed by atoms with Gasteiger partial charge in [0.2, 0.25) is 0 Å². The molecule has 3 atom stereocenters. The Hall–Kier alpha value is -0.560. The Morgan fingerprint density at radius 3 is 2.94 bits per heavy atom. The second-order valence-electron chi connectivity index (χ2n) is 6.01. The molecule has 90 valence electrons. The second-order valence-corrected chi connectivity index (χ2v) is 6.01. The zero-order valence-corrected chi connectivity index (χ0v) is 10.5. The lowest BCUT2D eigenvalue weighted by Crippen LogP contribution is -2.38. The summed E-state index contributed by atoms with van der Waals surface area (Å²) in [4.78, 5) is 0. The van der Waals surface area contributed by atoms with Gasteiger partial charge in [-0.05, 0) is 61.3 Å². The number of hydrogen-bond acceptors (Lipinski definition) is 1. The van der Waals surface area contributed by atoms with Crippen LogP contribution in [0.1, 0.15) is 45.4 Å². The van der Waals surface area contributed by atoms with Gasteiger partial charge in [-0.1, -0.05) is 25.7 Å². The van der Waals surface area contributed by atoms with E-state index in [0.717, 1.165) is 5.57 Å². The number of rotatable bonds is 2. The van der Waals surface area contributed by atoms with Crippen molar-refractivity contribution >= 4 is 0 Å². The highest BCUT2D eigenvalue weighted by atomic mass is 16.3. The lowest BCUT2D eigenvalue weighted by atomic mass is 9.56. The van der Waals surface area contributed by atoms with E-state index in [9.17, 15) is 5.11 Å². The van der Waals surface area contributed by atoms with Crippen molar-refractivity contribution in [1.82, 2.24) is 0 Å². The highest BCUT2D eigenvalue weighted by Gasteiger charge is 2.43. The molecule has 1 N–H and O–H groups in total. The monoisotopic (exact) mass is 220 g/mol. The molecule has 0 aromatic carbocycles. The van der Waals surface area contributed by atoms with E-state index in [4.69, 9.17) is 0 Å². The van der Waals surface area contributed by atoms with E-state index >= 15 is 0 Å². The standard InChI is InChI=1S/C15H24O/c1-11-5-4-7-15(3)8-6-13(9-14(11)15)12(2)10-16/h13-14,16H,1-2,4-10H2,3H3. The van der Waals surface area contributed by atoms with Gasteiger partial charge in [0, 0.05) is 0 Å². The molecule has 0 aromatic heterocycles. The van der Waals surface area contributed by atoms with Crippen molar-refractivity contribution in [2.45, 2.75) is 45.4 Å². The highest BCUT2D eigenvalue weighted by molar-refractivity contribution is 5.15. The molecule has 2 rings (SSSR count). The molecule has 0 aliphatic heterocycles. The Morgan fingerprint density at radius 1 is 1.50 bits per heavy atom. The maximum absolute atomic E-state index is 9.19. The molecule has 2 fully saturated rings. The van der Waals surface area contributed by atoms with Crippen LogP contribution in [0.2, 0.25) is 0 Å². The Kier molecular flexibility index (Phi) is 3.25. The van der Waals surface area contributed by atoms with Crippen LogP contribution < -0.4 is 0 Å². The van der Waals surface area contributed by atoms with Crippen molar-refractivity contribution in [2.24, 2.45) is 17.3 Å². The van der Waals surface area contributed by atoms with Crippen LogP contribution in [0.5, 0.6) is 0 Å². The van der Waals surface area contributed by atoms with Crippen molar-refractivity contribution in [3.8, 4) is 0 Å². The molecule has 0 radical (unpaired) electrons. The third-order valence-corrected chi connectivity index (χ3v) is 4.94. The summed E-state index contributed by atoms with van der Waals surface area (Å²) in [6.45, 7) is 10.9. The lowest BCUT2D eigenvalue weighted by molar-refractivity contribution is 0.0800. The first kappa shape index (κ1) is 11.9. The van der Waals surface area contributed by atoms with Crippen LogP contribution in [0.4, 0.5) is 0 Å². The average molecular weight is 220 g/mol. The maximum Gasteiger partial charge on any atom is 0.0641 e. The SMILES string of the molecule is C=C(CO)C1CCC2(C)CCCC(=C)C2C1. The molecule has 3 unspecified atom stereocenters. The van der Waals surface area contributed by atoms with E-state index in [1.165, 1.54) is 44.1 Å². The molecule has 2 aliphatic rings. The van der Waals surface area contributed by atoms with E-state index in [0.29, 0.717) is 17.3 Å². The quantitative estimate of drug-likeness (QED) is 0.704. The van der Waals surface area contributed by atoms with E-state index in [2.05, 4.69) is 20.1 Å². The summed E-state index contributed by atoms with van der Waals surface area (Å²) in [6, 6.07) is 0. The van der Waals surface area contributed by atoms with Crippen molar-refractivity contribution in [3.05, 3.63) is 24.3 Å². The van der Waals surface area contributed by atoms with Crippen molar-refractivity contribution in [1.29, 1.82) is 0 Å². The van der Waals surface area contributed by atoms with E-state index in [1.807, 2.05) is 0 Å². The molecule has 0 spiro atoms. The Bertz CT molecular complexity index is 305. The second kappa shape index (κ2) is 4.37. The van der Waals surface area contributed by atoms with Crippen LogP contribution in [0, 0.1) is 17.3 Å². The normalized spacial score (nSPS) is 39.2. The lowest BCUT2D eigenvalue weighted by Gasteiger charge is -2.49. The summed E-state index contributed by atoms with van der Waals surface area (Å²) in [5.41, 5.74) is 2.96. The van der Waals surface area contributed by atoms with Crippen LogP contribution in [0.15, 0.2) is 24.3 Å². The largest absolute Gasteiger partial charge is 0.392 e. The van der Waals surface area contributed by atoms with Gasteiger partial charge in [0.1, 0.15) is 0 Å². The molecule has 0 aromatic rings. The number of aliphatic hydroxyl groups excluding tert-OH is 1. The Labute approximate surface area is 99.3 Å². The molecular formula is C15H24O. The number of aliphatic hydroxyl groups is 1. The molecular weight excluding hydrogens is 196 g/mol. The van der Waals surface area contributed by atoms with Gasteiger partial charge in [0.05, 0.1) is 6.61 Å². The van der Waals surface area contributed by atoms with Crippen LogP contribution in [0.25, 0.3) is 0 Å². The van der Waals surface area contributed by atoms with Gasteiger partial charge in [-0.3, -0.25) is 0 Å². The van der Waals surface area contributed by atoms with Crippen LogP contribution >= 0.6 is 0 Å². The molecule has 0 heterocycles. The highest BCUT2D eigenvalue weighted by Crippen LogP contribution is 2.54. The van der Waals surface area contributed by atoms with Crippen LogP contribution in [0.3, 0.4) is 0 Å². The van der Waals surface area contributed by atoms with Gasteiger partial charge in [0.25, 0.3) is 0 Å². The third kappa shape index (κ3) is 1.98. The number of allylic oxidation sites excluding steroid dienone is 1. The summed E-state index contributed by atoms with van der Waals surface area (Å²) >= 11 is 0. The fourth-order valence-corrected chi connectivity index (χ4v) is 3.72. The number of fused-ring (bicyclic) bond motifs is 1. The van der Waals surface area contributed by atoms with Gasteiger partial charge in [-0.2, -0.15) is 0 Å². The summed E-state index contributed by atoms with van der Waals surface area (Å²) < 4.78 is 0. The van der Waals surface area contributed by atoms with Gasteiger partial charge >= 0.3 is 0 Å². The average Bonchev–Trinajstić information content (AvgIpc) is 2.27. The third-order valence-electron chi connectivity index (χ3n) is 4.94. The van der Waals surface area contributed by atoms with Crippen LogP contribution in [-0.2, 0) is 0 Å². The van der Waals surface area contributed by atoms with E-state index in [1.54, 1.807) is 0 Å². The molecule has 0 saturated heterocycles. The predicted molar refractivity (Wildman–Crippen MR) is 68.2 cm³/mol. The van der Waals surface area contributed by atoms with Gasteiger partial charge in [-0.15, -0.1) is 0 Å². The van der Waals surface area contributed by atoms with Crippen molar-refractivity contribution in [3.63, 3.8) is 0 Å². The fourth-order valence-electron chi connectivity index (χ4n) is 3.72. The molecule has 2 saturated carbocycles. The minimum Gasteiger partial charge on any atom is -0.392 e. The zero-order chi connectivity index (χ0) is 11.8. The Morgan fingerprint density at radius 2 is 2.25 bits per heavy atom. The molecule has 2 aliphatic carbocycles. The molecule has 16 heavy (non-hydrogen) atoms. The first-order valence-electron chi connectivity index (χ1n) is 6.53. The first-order valence-corrected chi connectivity index (χ1v) is 6.53. The van der Waals surface area contributed by atoms with Crippen molar-refractivity contribution < 1.29 is 5.11 Å². The van der Waals surface area contributed by atoms with Gasteiger partial charge in [0.15, 0.2) is 0 Å². The van der Waals surface area contributed by atoms with Crippen molar-refractivity contribution in [2.75, 3.05) is 6.61 Å². The predicted octanol–water partition coefficient (Wildman–Crippen LogP) is 3.70. The minimum absolute atomic E-state index is 0.153. The summed E-state index contributed by atoms with van der Waals surface area (Å²) in [5.74, 6) is 1.20. The smallest absolute Gasteiger partial charge is 0.0641 e. The van der Waals surface area contributed by atoms with Crippen LogP contribution in [-0.4, -0.2) is 11.7 Å². The van der Waals surface area contributed by atoms with E-state index < -0.39 is 0 Å². The molecule has 1 heteroatoms. The van der Waals surface area contributed by atoms with E-state index in [-0.39, 0.29) is 6.61 Å². The molecule has 1 nitrogen and oxygen atoms in total. The number of hydrogen-bond donors (Lipinski definition) is 1. The molecule has 0 amide bonds. The topological polar surface area (TPSA) is 20.2 Å². The maximum atomic E-state index is 9.19. The summed E-state index contributed by atoms with van der Waals surface area (Å²) in [6.07, 6.45) is 7.54. The summed E-state index contributed by atoms with van der Waals surface area (Å²) in [7, 11) is 0. The summed E-state index contributed by atoms with van der Waals surface area (Å²) in [5, 5.41) is 9.19. The fraction of sp³-hybridized carbons (Fsp3) is 0.733. The zero-order valence-electron chi connectivity index (χ0n) is 10.5. The Balaban J connectivity index is 2.12. The van der Waals surface area contributed by atoms with Gasteiger partial charge < -0.3 is 5.11 Å². The first-order chi connectivity index (χ1) is 7.57. The van der Waals surface area contributed by atoms with Gasteiger partial charge in [-0.25, -0.2) is 0 Å².